The van der Waals surface area contributed by atoms with Crippen LogP contribution in [0.5, 0.6) is 17.2 Å². The Labute approximate surface area is 201 Å². The minimum absolute atomic E-state index is 0.192. The molecule has 3 aromatic carbocycles. The summed E-state index contributed by atoms with van der Waals surface area (Å²) in [4.78, 5) is 36.1. The van der Waals surface area contributed by atoms with Crippen LogP contribution in [0.1, 0.15) is 5.56 Å². The van der Waals surface area contributed by atoms with Crippen molar-refractivity contribution in [1.29, 1.82) is 0 Å². The fraction of sp³-hybridized carbons (Fsp3) is 0.120. The van der Waals surface area contributed by atoms with Crippen LogP contribution >= 0.6 is 0 Å². The largest absolute Gasteiger partial charge is 0.495 e. The molecule has 180 valence electrons. The van der Waals surface area contributed by atoms with E-state index in [4.69, 9.17) is 14.2 Å². The van der Waals surface area contributed by atoms with Gasteiger partial charge in [-0.05, 0) is 54.1 Å². The molecule has 35 heavy (non-hydrogen) atoms. The molecule has 10 heteroatoms. The summed E-state index contributed by atoms with van der Waals surface area (Å²) < 4.78 is 15.8. The Balaban J connectivity index is 1.45. The third-order valence-corrected chi connectivity index (χ3v) is 4.57. The van der Waals surface area contributed by atoms with E-state index >= 15 is 0 Å². The van der Waals surface area contributed by atoms with Gasteiger partial charge in [0.2, 0.25) is 0 Å². The van der Waals surface area contributed by atoms with Crippen molar-refractivity contribution in [2.75, 3.05) is 31.5 Å². The van der Waals surface area contributed by atoms with Crippen LogP contribution in [-0.4, -0.2) is 44.8 Å². The number of carbonyl (C=O) groups excluding carboxylic acids is 3. The van der Waals surface area contributed by atoms with Crippen molar-refractivity contribution in [3.8, 4) is 17.2 Å². The SMILES string of the molecule is COc1ccccc1NC(=O)COc1ccc(/C=N\NC(=O)C(=O)Nc2ccccc2OC)cc1. The maximum Gasteiger partial charge on any atom is 0.329 e. The molecule has 0 aromatic heterocycles. The number of hydrogen-bond acceptors (Lipinski definition) is 7. The zero-order valence-corrected chi connectivity index (χ0v) is 19.1. The summed E-state index contributed by atoms with van der Waals surface area (Å²) in [5, 5.41) is 8.96. The molecule has 0 radical (unpaired) electrons. The molecule has 10 nitrogen and oxygen atoms in total. The zero-order chi connectivity index (χ0) is 25.0. The number of benzene rings is 3. The van der Waals surface area contributed by atoms with Gasteiger partial charge in [-0.3, -0.25) is 14.4 Å². The van der Waals surface area contributed by atoms with Gasteiger partial charge in [-0.25, -0.2) is 5.43 Å². The first-order valence-electron chi connectivity index (χ1n) is 10.4. The van der Waals surface area contributed by atoms with Crippen LogP contribution in [-0.2, 0) is 14.4 Å². The molecule has 0 bridgehead atoms. The van der Waals surface area contributed by atoms with Gasteiger partial charge in [-0.1, -0.05) is 24.3 Å². The maximum absolute atomic E-state index is 12.1. The number of methoxy groups -OCH3 is 2. The lowest BCUT2D eigenvalue weighted by Crippen LogP contribution is -2.32. The van der Waals surface area contributed by atoms with Gasteiger partial charge in [0.05, 0.1) is 31.8 Å². The Morgan fingerprint density at radius 2 is 1.34 bits per heavy atom. The van der Waals surface area contributed by atoms with Gasteiger partial charge in [0.25, 0.3) is 5.91 Å². The Hall–Kier alpha value is -4.86. The van der Waals surface area contributed by atoms with E-state index in [2.05, 4.69) is 21.2 Å². The number of hydrazone groups is 1. The average Bonchev–Trinajstić information content (AvgIpc) is 2.88. The number of hydrogen-bond donors (Lipinski definition) is 3. The third kappa shape index (κ3) is 7.32. The molecule has 3 amide bonds. The quantitative estimate of drug-likeness (QED) is 0.248. The normalized spacial score (nSPS) is 10.3. The minimum Gasteiger partial charge on any atom is -0.495 e. The van der Waals surface area contributed by atoms with Gasteiger partial charge in [0, 0.05) is 0 Å². The van der Waals surface area contributed by atoms with Crippen molar-refractivity contribution in [3.63, 3.8) is 0 Å². The summed E-state index contributed by atoms with van der Waals surface area (Å²) in [6, 6.07) is 20.4. The van der Waals surface area contributed by atoms with E-state index in [0.717, 1.165) is 0 Å². The molecule has 0 saturated heterocycles. The van der Waals surface area contributed by atoms with Gasteiger partial charge in [0.15, 0.2) is 6.61 Å². The highest BCUT2D eigenvalue weighted by Crippen LogP contribution is 2.23. The molecule has 0 fully saturated rings. The Bertz CT molecular complexity index is 1210. The third-order valence-electron chi connectivity index (χ3n) is 4.57. The van der Waals surface area contributed by atoms with E-state index in [1.54, 1.807) is 72.8 Å². The average molecular weight is 476 g/mol. The molecule has 0 heterocycles. The zero-order valence-electron chi connectivity index (χ0n) is 19.1. The lowest BCUT2D eigenvalue weighted by atomic mass is 10.2. The van der Waals surface area contributed by atoms with Crippen molar-refractivity contribution in [2.24, 2.45) is 5.10 Å². The van der Waals surface area contributed by atoms with E-state index < -0.39 is 11.8 Å². The van der Waals surface area contributed by atoms with Crippen LogP contribution in [0.25, 0.3) is 0 Å². The number of nitrogens with one attached hydrogen (secondary N) is 3. The Morgan fingerprint density at radius 1 is 0.771 bits per heavy atom. The van der Waals surface area contributed by atoms with Crippen molar-refractivity contribution >= 4 is 35.3 Å². The molecule has 3 aromatic rings. The summed E-state index contributed by atoms with van der Waals surface area (Å²) in [6.07, 6.45) is 1.37. The van der Waals surface area contributed by atoms with Gasteiger partial charge in [0.1, 0.15) is 17.2 Å². The number of amides is 3. The maximum atomic E-state index is 12.1. The van der Waals surface area contributed by atoms with Gasteiger partial charge >= 0.3 is 11.8 Å². The number of rotatable bonds is 9. The van der Waals surface area contributed by atoms with E-state index in [1.165, 1.54) is 20.4 Å². The Kier molecular flexibility index (Phi) is 8.78. The monoisotopic (exact) mass is 476 g/mol. The number of ether oxygens (including phenoxy) is 3. The van der Waals surface area contributed by atoms with E-state index in [9.17, 15) is 14.4 Å². The van der Waals surface area contributed by atoms with Gasteiger partial charge < -0.3 is 24.8 Å². The van der Waals surface area contributed by atoms with Crippen molar-refractivity contribution in [2.45, 2.75) is 0 Å². The number of nitrogens with zero attached hydrogens (tertiary/aromatic N) is 1. The van der Waals surface area contributed by atoms with Crippen molar-refractivity contribution < 1.29 is 28.6 Å². The molecule has 0 atom stereocenters. The van der Waals surface area contributed by atoms with Crippen LogP contribution in [0.4, 0.5) is 11.4 Å². The van der Waals surface area contributed by atoms with Crippen molar-refractivity contribution in [3.05, 3.63) is 78.4 Å². The van der Waals surface area contributed by atoms with Crippen LogP contribution in [0, 0.1) is 0 Å². The fourth-order valence-corrected chi connectivity index (χ4v) is 2.88. The van der Waals surface area contributed by atoms with E-state index in [-0.39, 0.29) is 12.5 Å². The van der Waals surface area contributed by atoms with Crippen LogP contribution in [0.15, 0.2) is 77.9 Å². The Morgan fingerprint density at radius 3 is 1.94 bits per heavy atom. The van der Waals surface area contributed by atoms with Crippen LogP contribution in [0.3, 0.4) is 0 Å². The number of anilines is 2. The number of carbonyl (C=O) groups is 3. The smallest absolute Gasteiger partial charge is 0.329 e. The second-order valence-corrected chi connectivity index (χ2v) is 6.96. The van der Waals surface area contributed by atoms with Crippen molar-refractivity contribution in [1.82, 2.24) is 5.43 Å². The topological polar surface area (TPSA) is 127 Å². The fourth-order valence-electron chi connectivity index (χ4n) is 2.88. The standard InChI is InChI=1S/C25H24N4O6/c1-33-21-9-5-3-7-19(21)27-23(30)16-35-18-13-11-17(12-14-18)15-26-29-25(32)24(31)28-20-8-4-6-10-22(20)34-2/h3-15H,16H2,1-2H3,(H,27,30)(H,28,31)(H,29,32)/b26-15-. The summed E-state index contributed by atoms with van der Waals surface area (Å²) >= 11 is 0. The predicted octanol–water partition coefficient (Wildman–Crippen LogP) is 2.81. The molecule has 3 rings (SSSR count). The molecule has 0 spiro atoms. The molecule has 0 saturated carbocycles. The second-order valence-electron chi connectivity index (χ2n) is 6.96. The highest BCUT2D eigenvalue weighted by Gasteiger charge is 2.15. The molecule has 0 aliphatic rings. The molecule has 3 N–H and O–H groups in total. The first kappa shape index (κ1) is 24.8. The van der Waals surface area contributed by atoms with E-state index in [0.29, 0.717) is 34.2 Å². The van der Waals surface area contributed by atoms with Crippen LogP contribution < -0.4 is 30.3 Å². The van der Waals surface area contributed by atoms with Gasteiger partial charge in [-0.15, -0.1) is 0 Å². The summed E-state index contributed by atoms with van der Waals surface area (Å²) in [5.41, 5.74) is 3.72. The lowest BCUT2D eigenvalue weighted by molar-refractivity contribution is -0.136. The molecule has 0 aliphatic heterocycles. The predicted molar refractivity (Wildman–Crippen MR) is 131 cm³/mol. The lowest BCUT2D eigenvalue weighted by Gasteiger charge is -2.10. The molecule has 0 aliphatic carbocycles. The van der Waals surface area contributed by atoms with Crippen LogP contribution in [0.2, 0.25) is 0 Å². The first-order valence-corrected chi connectivity index (χ1v) is 10.4. The minimum atomic E-state index is -0.937. The summed E-state index contributed by atoms with van der Waals surface area (Å²) in [5.74, 6) is -0.715. The molecular formula is C25H24N4O6. The number of para-hydroxylation sites is 4. The van der Waals surface area contributed by atoms with E-state index in [1.807, 2.05) is 0 Å². The molecule has 0 unspecified atom stereocenters. The first-order chi connectivity index (χ1) is 17.0. The summed E-state index contributed by atoms with van der Waals surface area (Å²) in [6.45, 7) is -0.192. The summed E-state index contributed by atoms with van der Waals surface area (Å²) in [7, 11) is 2.98. The highest BCUT2D eigenvalue weighted by molar-refractivity contribution is 6.39. The highest BCUT2D eigenvalue weighted by atomic mass is 16.5. The van der Waals surface area contributed by atoms with Gasteiger partial charge in [-0.2, -0.15) is 5.10 Å². The molecular weight excluding hydrogens is 452 g/mol. The second kappa shape index (κ2) is 12.4.